The molecular formula is C25H29ClN2O2S. The van der Waals surface area contributed by atoms with E-state index in [1.807, 2.05) is 61.2 Å². The molecule has 6 heteroatoms. The minimum absolute atomic E-state index is 0.0738. The average Bonchev–Trinajstić information content (AvgIpc) is 3.22. The van der Waals surface area contributed by atoms with Crippen molar-refractivity contribution in [2.75, 3.05) is 13.1 Å². The van der Waals surface area contributed by atoms with E-state index >= 15 is 0 Å². The van der Waals surface area contributed by atoms with Crippen LogP contribution in [0.1, 0.15) is 49.3 Å². The van der Waals surface area contributed by atoms with Crippen LogP contribution in [0.4, 0.5) is 0 Å². The number of nitrogens with zero attached hydrogens (tertiary/aromatic N) is 1. The summed E-state index contributed by atoms with van der Waals surface area (Å²) in [5.41, 5.74) is 1.29. The normalized spacial score (nSPS) is 17.3. The smallest absolute Gasteiger partial charge is 0.240 e. The number of carbonyl (C=O) groups excluding carboxylic acids is 1. The van der Waals surface area contributed by atoms with Crippen molar-refractivity contribution in [1.82, 2.24) is 10.2 Å². The zero-order valence-corrected chi connectivity index (χ0v) is 19.5. The minimum atomic E-state index is -0.861. The van der Waals surface area contributed by atoms with Crippen molar-refractivity contribution in [2.24, 2.45) is 5.92 Å². The van der Waals surface area contributed by atoms with Gasteiger partial charge in [0, 0.05) is 27.7 Å². The molecule has 1 amide bonds. The quantitative estimate of drug-likeness (QED) is 0.477. The van der Waals surface area contributed by atoms with Crippen LogP contribution in [0.25, 0.3) is 10.1 Å². The Labute approximate surface area is 192 Å². The molecule has 2 heterocycles. The average molecular weight is 457 g/mol. The summed E-state index contributed by atoms with van der Waals surface area (Å²) in [6.07, 6.45) is 1.02. The molecule has 1 aliphatic rings. The fraction of sp³-hybridized carbons (Fsp3) is 0.400. The summed E-state index contributed by atoms with van der Waals surface area (Å²) in [6, 6.07) is 17.7. The van der Waals surface area contributed by atoms with Crippen LogP contribution >= 0.6 is 22.9 Å². The van der Waals surface area contributed by atoms with Crippen LogP contribution in [-0.4, -0.2) is 35.0 Å². The summed E-state index contributed by atoms with van der Waals surface area (Å²) in [5, 5.41) is 15.9. The van der Waals surface area contributed by atoms with Gasteiger partial charge in [0.05, 0.1) is 6.04 Å². The van der Waals surface area contributed by atoms with Crippen LogP contribution < -0.4 is 5.32 Å². The molecule has 3 aromatic rings. The molecule has 2 unspecified atom stereocenters. The van der Waals surface area contributed by atoms with Crippen LogP contribution in [0.5, 0.6) is 0 Å². The lowest BCUT2D eigenvalue weighted by Gasteiger charge is -2.36. The maximum absolute atomic E-state index is 13.3. The van der Waals surface area contributed by atoms with E-state index in [2.05, 4.69) is 17.4 Å². The number of hydrogen-bond acceptors (Lipinski definition) is 4. The molecule has 2 aromatic carbocycles. The predicted molar refractivity (Wildman–Crippen MR) is 129 cm³/mol. The maximum Gasteiger partial charge on any atom is 0.240 e. The number of hydrogen-bond donors (Lipinski definition) is 2. The number of aliphatic hydroxyl groups excluding tert-OH is 1. The van der Waals surface area contributed by atoms with E-state index in [9.17, 15) is 9.90 Å². The van der Waals surface area contributed by atoms with Gasteiger partial charge < -0.3 is 10.0 Å². The monoisotopic (exact) mass is 456 g/mol. The molecule has 0 bridgehead atoms. The molecule has 1 saturated heterocycles. The van der Waals surface area contributed by atoms with Gasteiger partial charge in [-0.3, -0.25) is 10.1 Å². The molecule has 164 valence electrons. The number of piperidine rings is 1. The molecule has 2 atom stereocenters. The Hall–Kier alpha value is -1.92. The minimum Gasteiger partial charge on any atom is -0.373 e. The number of amides is 1. The molecule has 0 saturated carbocycles. The fourth-order valence-corrected chi connectivity index (χ4v) is 5.44. The van der Waals surface area contributed by atoms with Gasteiger partial charge in [0.1, 0.15) is 6.23 Å². The zero-order valence-electron chi connectivity index (χ0n) is 17.9. The van der Waals surface area contributed by atoms with Crippen molar-refractivity contribution in [1.29, 1.82) is 0 Å². The third-order valence-corrected chi connectivity index (χ3v) is 7.55. The number of thiophene rings is 1. The molecule has 1 aliphatic heterocycles. The lowest BCUT2D eigenvalue weighted by atomic mass is 9.89. The molecule has 0 radical (unpaired) electrons. The summed E-state index contributed by atoms with van der Waals surface area (Å²) in [5.74, 6) is 0.603. The lowest BCUT2D eigenvalue weighted by Crippen LogP contribution is -2.52. The fourth-order valence-electron chi connectivity index (χ4n) is 4.30. The Morgan fingerprint density at radius 1 is 1.13 bits per heavy atom. The van der Waals surface area contributed by atoms with Gasteiger partial charge in [-0.2, -0.15) is 0 Å². The zero-order chi connectivity index (χ0) is 22.0. The van der Waals surface area contributed by atoms with Crippen LogP contribution in [0.2, 0.25) is 5.02 Å². The highest BCUT2D eigenvalue weighted by Crippen LogP contribution is 2.31. The van der Waals surface area contributed by atoms with Crippen LogP contribution in [-0.2, 0) is 4.79 Å². The standard InChI is InChI=1S/C25H29ClN2O2S/c1-16(2)23(27-24(29)22-15-19-5-3-4-6-21(19)31-22)25(30)28-13-11-18(12-14-28)17-7-9-20(26)10-8-17/h3-10,15-16,18,23-24,27,29H,11-14H2,1-2H3. The Balaban J connectivity index is 1.40. The number of benzene rings is 2. The van der Waals surface area contributed by atoms with Crippen molar-refractivity contribution in [3.05, 3.63) is 70.1 Å². The van der Waals surface area contributed by atoms with Gasteiger partial charge in [-0.15, -0.1) is 11.3 Å². The van der Waals surface area contributed by atoms with E-state index in [1.54, 1.807) is 11.3 Å². The third-order valence-electron chi connectivity index (χ3n) is 6.13. The summed E-state index contributed by atoms with van der Waals surface area (Å²) >= 11 is 7.57. The summed E-state index contributed by atoms with van der Waals surface area (Å²) in [7, 11) is 0. The maximum atomic E-state index is 13.3. The highest BCUT2D eigenvalue weighted by molar-refractivity contribution is 7.19. The van der Waals surface area contributed by atoms with E-state index in [1.165, 1.54) is 5.56 Å². The van der Waals surface area contributed by atoms with E-state index in [-0.39, 0.29) is 11.8 Å². The molecule has 4 rings (SSSR count). The van der Waals surface area contributed by atoms with E-state index in [0.717, 1.165) is 45.9 Å². The van der Waals surface area contributed by atoms with Crippen LogP contribution in [0, 0.1) is 5.92 Å². The van der Waals surface area contributed by atoms with Gasteiger partial charge in [-0.1, -0.05) is 55.8 Å². The molecule has 2 N–H and O–H groups in total. The Bertz CT molecular complexity index is 992. The van der Waals surface area contributed by atoms with Crippen molar-refractivity contribution in [3.63, 3.8) is 0 Å². The number of rotatable bonds is 6. The Kier molecular flexibility index (Phi) is 6.97. The first-order valence-electron chi connectivity index (χ1n) is 10.9. The molecule has 4 nitrogen and oxygen atoms in total. The van der Waals surface area contributed by atoms with E-state index in [4.69, 9.17) is 11.6 Å². The second-order valence-corrected chi connectivity index (χ2v) is 10.2. The Morgan fingerprint density at radius 3 is 2.45 bits per heavy atom. The number of nitrogens with one attached hydrogen (secondary N) is 1. The van der Waals surface area contributed by atoms with Gasteiger partial charge in [0.2, 0.25) is 5.91 Å². The second-order valence-electron chi connectivity index (χ2n) is 8.63. The first-order valence-corrected chi connectivity index (χ1v) is 12.1. The van der Waals surface area contributed by atoms with Gasteiger partial charge >= 0.3 is 0 Å². The summed E-state index contributed by atoms with van der Waals surface area (Å²) in [6.45, 7) is 5.51. The van der Waals surface area contributed by atoms with Gasteiger partial charge in [-0.05, 0) is 59.9 Å². The van der Waals surface area contributed by atoms with Gasteiger partial charge in [-0.25, -0.2) is 0 Å². The number of aliphatic hydroxyl groups is 1. The number of likely N-dealkylation sites (tertiary alicyclic amines) is 1. The molecule has 0 spiro atoms. The van der Waals surface area contributed by atoms with Crippen molar-refractivity contribution < 1.29 is 9.90 Å². The van der Waals surface area contributed by atoms with Gasteiger partial charge in [0.15, 0.2) is 0 Å². The third kappa shape index (κ3) is 5.12. The largest absolute Gasteiger partial charge is 0.373 e. The molecular weight excluding hydrogens is 428 g/mol. The van der Waals surface area contributed by atoms with Crippen LogP contribution in [0.15, 0.2) is 54.6 Å². The van der Waals surface area contributed by atoms with Crippen molar-refractivity contribution >= 4 is 38.9 Å². The highest BCUT2D eigenvalue weighted by Gasteiger charge is 2.32. The number of halogens is 1. The predicted octanol–water partition coefficient (Wildman–Crippen LogP) is 5.57. The topological polar surface area (TPSA) is 52.6 Å². The first-order chi connectivity index (χ1) is 14.9. The molecule has 1 fully saturated rings. The first kappa shape index (κ1) is 22.3. The summed E-state index contributed by atoms with van der Waals surface area (Å²) in [4.78, 5) is 16.1. The van der Waals surface area contributed by atoms with Crippen molar-refractivity contribution in [3.8, 4) is 0 Å². The molecule has 1 aromatic heterocycles. The summed E-state index contributed by atoms with van der Waals surface area (Å²) < 4.78 is 1.13. The van der Waals surface area contributed by atoms with Crippen LogP contribution in [0.3, 0.4) is 0 Å². The second kappa shape index (κ2) is 9.70. The van der Waals surface area contributed by atoms with E-state index < -0.39 is 12.3 Å². The van der Waals surface area contributed by atoms with E-state index in [0.29, 0.717) is 5.92 Å². The Morgan fingerprint density at radius 2 is 1.81 bits per heavy atom. The number of carbonyl (C=O) groups is 1. The lowest BCUT2D eigenvalue weighted by molar-refractivity contribution is -0.136. The molecule has 31 heavy (non-hydrogen) atoms. The van der Waals surface area contributed by atoms with Gasteiger partial charge in [0.25, 0.3) is 0 Å². The number of fused-ring (bicyclic) bond motifs is 1. The highest BCUT2D eigenvalue weighted by atomic mass is 35.5. The molecule has 0 aliphatic carbocycles. The van der Waals surface area contributed by atoms with Crippen molar-refractivity contribution in [2.45, 2.75) is 44.9 Å². The SMILES string of the molecule is CC(C)C(NC(O)c1cc2ccccc2s1)C(=O)N1CCC(c2ccc(Cl)cc2)CC1.